The summed E-state index contributed by atoms with van der Waals surface area (Å²) in [5.41, 5.74) is 0.628. The Balaban J connectivity index is 2.44. The van der Waals surface area contributed by atoms with Crippen LogP contribution in [0.4, 0.5) is 0 Å². The van der Waals surface area contributed by atoms with Gasteiger partial charge in [-0.3, -0.25) is 4.79 Å². The molecule has 0 radical (unpaired) electrons. The van der Waals surface area contributed by atoms with Crippen molar-refractivity contribution in [1.82, 2.24) is 9.59 Å². The maximum absolute atomic E-state index is 11.8. The van der Waals surface area contributed by atoms with E-state index < -0.39 is 0 Å². The number of rotatable bonds is 2. The van der Waals surface area contributed by atoms with Gasteiger partial charge in [-0.1, -0.05) is 4.49 Å². The van der Waals surface area contributed by atoms with Gasteiger partial charge >= 0.3 is 0 Å². The fourth-order valence-electron chi connectivity index (χ4n) is 0.999. The average Bonchev–Trinajstić information content (AvgIpc) is 2.73. The van der Waals surface area contributed by atoms with Crippen molar-refractivity contribution in [3.63, 3.8) is 0 Å². The Bertz CT molecular complexity index is 435. The molecule has 0 aliphatic carbocycles. The van der Waals surface area contributed by atoms with Crippen LogP contribution in [-0.4, -0.2) is 15.4 Å². The van der Waals surface area contributed by atoms with Crippen LogP contribution in [0.1, 0.15) is 21.1 Å². The van der Waals surface area contributed by atoms with Crippen LogP contribution in [0.2, 0.25) is 0 Å². The minimum atomic E-state index is -0.186. The first kappa shape index (κ1) is 9.54. The van der Waals surface area contributed by atoms with E-state index in [2.05, 4.69) is 25.5 Å². The van der Waals surface area contributed by atoms with Crippen LogP contribution >= 0.6 is 27.5 Å². The van der Waals surface area contributed by atoms with Crippen molar-refractivity contribution < 1.29 is 9.21 Å². The molecule has 0 amide bonds. The molecule has 0 saturated heterocycles. The van der Waals surface area contributed by atoms with Crippen molar-refractivity contribution in [2.24, 2.45) is 0 Å². The Hall–Kier alpha value is -1.01. The van der Waals surface area contributed by atoms with Crippen LogP contribution < -0.4 is 0 Å². The molecule has 0 N–H and O–H groups in total. The highest BCUT2D eigenvalue weighted by molar-refractivity contribution is 9.10. The summed E-state index contributed by atoms with van der Waals surface area (Å²) in [6.07, 6.45) is 1.46. The summed E-state index contributed by atoms with van der Waals surface area (Å²) in [4.78, 5) is 12.3. The summed E-state index contributed by atoms with van der Waals surface area (Å²) in [7, 11) is 0. The quantitative estimate of drug-likeness (QED) is 0.788. The molecule has 0 unspecified atom stereocenters. The Morgan fingerprint density at radius 1 is 1.64 bits per heavy atom. The number of halogens is 1. The lowest BCUT2D eigenvalue weighted by molar-refractivity contribution is 0.101. The third-order valence-electron chi connectivity index (χ3n) is 1.68. The topological polar surface area (TPSA) is 56.0 Å². The van der Waals surface area contributed by atoms with E-state index in [0.29, 0.717) is 20.8 Å². The fourth-order valence-corrected chi connectivity index (χ4v) is 1.97. The monoisotopic (exact) mass is 272 g/mol. The number of aromatic nitrogens is 2. The van der Waals surface area contributed by atoms with Gasteiger partial charge < -0.3 is 4.42 Å². The number of carbonyl (C=O) groups excluding carboxylic acids is 1. The molecule has 0 spiro atoms. The van der Waals surface area contributed by atoms with E-state index in [-0.39, 0.29) is 5.78 Å². The standard InChI is InChI=1S/C8H5BrN2O2S/c1-4-8(14-11-10-4)6(12)7-5(9)2-3-13-7/h2-3H,1H3. The third kappa shape index (κ3) is 1.51. The van der Waals surface area contributed by atoms with E-state index in [1.807, 2.05) is 0 Å². The SMILES string of the molecule is Cc1nnsc1C(=O)c1occc1Br. The molecule has 2 heterocycles. The summed E-state index contributed by atoms with van der Waals surface area (Å²) in [6, 6.07) is 1.68. The summed E-state index contributed by atoms with van der Waals surface area (Å²) in [6.45, 7) is 1.74. The number of furan rings is 1. The lowest BCUT2D eigenvalue weighted by Gasteiger charge is -1.93. The summed E-state index contributed by atoms with van der Waals surface area (Å²) >= 11 is 4.30. The molecule has 0 fully saturated rings. The summed E-state index contributed by atoms with van der Waals surface area (Å²) in [5.74, 6) is 0.105. The zero-order chi connectivity index (χ0) is 10.1. The van der Waals surface area contributed by atoms with E-state index >= 15 is 0 Å². The predicted molar refractivity (Wildman–Crippen MR) is 54.5 cm³/mol. The summed E-state index contributed by atoms with van der Waals surface area (Å²) < 4.78 is 9.40. The first-order valence-corrected chi connectivity index (χ1v) is 5.33. The van der Waals surface area contributed by atoms with Gasteiger partial charge in [-0.05, 0) is 40.5 Å². The van der Waals surface area contributed by atoms with Crippen LogP contribution in [0.15, 0.2) is 21.2 Å². The van der Waals surface area contributed by atoms with E-state index in [9.17, 15) is 4.79 Å². The molecule has 0 atom stereocenters. The van der Waals surface area contributed by atoms with E-state index in [0.717, 1.165) is 11.5 Å². The number of nitrogens with zero attached hydrogens (tertiary/aromatic N) is 2. The Morgan fingerprint density at radius 3 is 2.93 bits per heavy atom. The molecule has 2 aromatic rings. The number of carbonyl (C=O) groups is 1. The average molecular weight is 273 g/mol. The maximum Gasteiger partial charge on any atom is 0.242 e. The van der Waals surface area contributed by atoms with Crippen LogP contribution in [0.25, 0.3) is 0 Å². The molecule has 2 rings (SSSR count). The van der Waals surface area contributed by atoms with Gasteiger partial charge in [0.05, 0.1) is 16.4 Å². The lowest BCUT2D eigenvalue weighted by Crippen LogP contribution is -1.99. The molecule has 6 heteroatoms. The van der Waals surface area contributed by atoms with Gasteiger partial charge in [-0.2, -0.15) is 0 Å². The number of aryl methyl sites for hydroxylation is 1. The molecular weight excluding hydrogens is 268 g/mol. The predicted octanol–water partition coefficient (Wildman–Crippen LogP) is 2.43. The van der Waals surface area contributed by atoms with Gasteiger partial charge in [0, 0.05) is 0 Å². The van der Waals surface area contributed by atoms with E-state index in [1.165, 1.54) is 6.26 Å². The maximum atomic E-state index is 11.8. The highest BCUT2D eigenvalue weighted by atomic mass is 79.9. The third-order valence-corrected chi connectivity index (χ3v) is 3.13. The number of ketones is 1. The van der Waals surface area contributed by atoms with E-state index in [1.54, 1.807) is 13.0 Å². The molecule has 0 saturated carbocycles. The Labute approximate surface area is 92.2 Å². The van der Waals surface area contributed by atoms with Crippen molar-refractivity contribution in [2.45, 2.75) is 6.92 Å². The molecule has 0 aliphatic heterocycles. The fraction of sp³-hybridized carbons (Fsp3) is 0.125. The second-order valence-electron chi connectivity index (χ2n) is 2.61. The van der Waals surface area contributed by atoms with Crippen molar-refractivity contribution in [3.8, 4) is 0 Å². The van der Waals surface area contributed by atoms with E-state index in [4.69, 9.17) is 4.42 Å². The van der Waals surface area contributed by atoms with Gasteiger partial charge in [0.15, 0.2) is 5.76 Å². The molecule has 0 aromatic carbocycles. The number of hydrogen-bond donors (Lipinski definition) is 0. The first-order valence-electron chi connectivity index (χ1n) is 3.77. The Kier molecular flexibility index (Phi) is 2.47. The minimum Gasteiger partial charge on any atom is -0.460 e. The first-order chi connectivity index (χ1) is 6.70. The van der Waals surface area contributed by atoms with Crippen molar-refractivity contribution in [1.29, 1.82) is 0 Å². The molecule has 0 aliphatic rings. The van der Waals surface area contributed by atoms with Crippen molar-refractivity contribution in [3.05, 3.63) is 33.1 Å². The number of hydrogen-bond acceptors (Lipinski definition) is 5. The van der Waals surface area contributed by atoms with Crippen LogP contribution in [0.5, 0.6) is 0 Å². The van der Waals surface area contributed by atoms with Crippen molar-refractivity contribution in [2.75, 3.05) is 0 Å². The largest absolute Gasteiger partial charge is 0.460 e. The molecular formula is C8H5BrN2O2S. The molecule has 72 valence electrons. The lowest BCUT2D eigenvalue weighted by atomic mass is 10.2. The van der Waals surface area contributed by atoms with Crippen LogP contribution in [-0.2, 0) is 0 Å². The van der Waals surface area contributed by atoms with Crippen LogP contribution in [0, 0.1) is 6.92 Å². The second-order valence-corrected chi connectivity index (χ2v) is 4.22. The van der Waals surface area contributed by atoms with Gasteiger partial charge in [0.2, 0.25) is 5.78 Å². The summed E-state index contributed by atoms with van der Waals surface area (Å²) in [5, 5.41) is 3.77. The minimum absolute atomic E-state index is 0.186. The van der Waals surface area contributed by atoms with Gasteiger partial charge in [-0.25, -0.2) is 0 Å². The smallest absolute Gasteiger partial charge is 0.242 e. The van der Waals surface area contributed by atoms with Crippen molar-refractivity contribution >= 4 is 33.2 Å². The molecule has 14 heavy (non-hydrogen) atoms. The molecule has 2 aromatic heterocycles. The second kappa shape index (κ2) is 3.62. The zero-order valence-corrected chi connectivity index (χ0v) is 9.55. The molecule has 4 nitrogen and oxygen atoms in total. The highest BCUT2D eigenvalue weighted by Gasteiger charge is 2.20. The van der Waals surface area contributed by atoms with Gasteiger partial charge in [-0.15, -0.1) is 5.10 Å². The van der Waals surface area contributed by atoms with Gasteiger partial charge in [0.1, 0.15) is 4.88 Å². The Morgan fingerprint density at radius 2 is 2.43 bits per heavy atom. The van der Waals surface area contributed by atoms with Crippen LogP contribution in [0.3, 0.4) is 0 Å². The highest BCUT2D eigenvalue weighted by Crippen LogP contribution is 2.23. The zero-order valence-electron chi connectivity index (χ0n) is 7.15. The normalized spacial score (nSPS) is 10.4. The van der Waals surface area contributed by atoms with Gasteiger partial charge in [0.25, 0.3) is 0 Å². The molecule has 0 bridgehead atoms.